The maximum atomic E-state index is 12.9. The Morgan fingerprint density at radius 1 is 1.00 bits per heavy atom. The third kappa shape index (κ3) is 4.17. The van der Waals surface area contributed by atoms with Crippen molar-refractivity contribution in [3.63, 3.8) is 0 Å². The molecule has 0 amide bonds. The fourth-order valence-electron chi connectivity index (χ4n) is 3.06. The predicted octanol–water partition coefficient (Wildman–Crippen LogP) is 3.09. The van der Waals surface area contributed by atoms with Gasteiger partial charge in [-0.3, -0.25) is 4.79 Å². The Bertz CT molecular complexity index is 1290. The second-order valence-corrected chi connectivity index (χ2v) is 6.64. The molecule has 1 aromatic heterocycles. The molecule has 4 rings (SSSR count). The summed E-state index contributed by atoms with van der Waals surface area (Å²) >= 11 is 0. The standard InChI is InChI=1S/C23H17NO7/c1-29-17-8-4-14(5-9-17)20-13-30-21-12-18(10-11-19(21)22(20)25)31-23(26)15-2-6-16(7-3-15)24(27)28/h2-13,24,27H,1H3. The molecule has 1 heterocycles. The second-order valence-electron chi connectivity index (χ2n) is 6.64. The minimum Gasteiger partial charge on any atom is -0.595 e. The van der Waals surface area contributed by atoms with Crippen molar-refractivity contribution in [2.24, 2.45) is 0 Å². The summed E-state index contributed by atoms with van der Waals surface area (Å²) in [6, 6.07) is 16.9. The Labute approximate surface area is 176 Å². The highest BCUT2D eigenvalue weighted by Crippen LogP contribution is 2.25. The van der Waals surface area contributed by atoms with Gasteiger partial charge in [0.1, 0.15) is 23.3 Å². The van der Waals surface area contributed by atoms with Crippen LogP contribution in [0.25, 0.3) is 22.1 Å². The molecule has 0 saturated carbocycles. The van der Waals surface area contributed by atoms with Crippen molar-refractivity contribution in [3.8, 4) is 22.6 Å². The summed E-state index contributed by atoms with van der Waals surface area (Å²) in [7, 11) is 1.56. The number of methoxy groups -OCH3 is 1. The normalized spacial score (nSPS) is 11.8. The molecule has 8 heteroatoms. The first kappa shape index (κ1) is 20.3. The van der Waals surface area contributed by atoms with Crippen molar-refractivity contribution < 1.29 is 29.1 Å². The molecule has 0 spiro atoms. The van der Waals surface area contributed by atoms with E-state index in [9.17, 15) is 14.8 Å². The van der Waals surface area contributed by atoms with Gasteiger partial charge < -0.3 is 19.1 Å². The summed E-state index contributed by atoms with van der Waals surface area (Å²) in [6.07, 6.45) is 1.36. The Balaban J connectivity index is 1.59. The molecule has 0 saturated heterocycles. The Hall–Kier alpha value is -3.98. The zero-order valence-corrected chi connectivity index (χ0v) is 16.3. The van der Waals surface area contributed by atoms with Gasteiger partial charge in [0.2, 0.25) is 0 Å². The van der Waals surface area contributed by atoms with Crippen molar-refractivity contribution >= 4 is 22.6 Å². The zero-order valence-electron chi connectivity index (χ0n) is 16.3. The van der Waals surface area contributed by atoms with E-state index in [2.05, 4.69) is 0 Å². The smallest absolute Gasteiger partial charge is 0.343 e. The lowest BCUT2D eigenvalue weighted by Crippen LogP contribution is -2.99. The van der Waals surface area contributed by atoms with E-state index in [1.165, 1.54) is 48.7 Å². The van der Waals surface area contributed by atoms with E-state index >= 15 is 0 Å². The highest BCUT2D eigenvalue weighted by Gasteiger charge is 2.13. The van der Waals surface area contributed by atoms with Crippen LogP contribution in [0.5, 0.6) is 11.5 Å². The van der Waals surface area contributed by atoms with Crippen LogP contribution in [0.4, 0.5) is 5.69 Å². The van der Waals surface area contributed by atoms with Crippen molar-refractivity contribution in [3.05, 3.63) is 94.0 Å². The lowest BCUT2D eigenvalue weighted by Gasteiger charge is -2.11. The molecule has 1 unspecified atom stereocenters. The molecule has 156 valence electrons. The summed E-state index contributed by atoms with van der Waals surface area (Å²) in [5.41, 5.74) is 1.41. The van der Waals surface area contributed by atoms with Crippen LogP contribution >= 0.6 is 0 Å². The van der Waals surface area contributed by atoms with Gasteiger partial charge in [-0.1, -0.05) is 12.1 Å². The Kier molecular flexibility index (Phi) is 5.50. The van der Waals surface area contributed by atoms with Gasteiger partial charge in [0.15, 0.2) is 11.1 Å². The first-order valence-electron chi connectivity index (χ1n) is 9.22. The summed E-state index contributed by atoms with van der Waals surface area (Å²) in [5.74, 6) is 0.214. The summed E-state index contributed by atoms with van der Waals surface area (Å²) in [5, 5.41) is 19.1. The van der Waals surface area contributed by atoms with E-state index in [4.69, 9.17) is 19.1 Å². The number of carbonyl (C=O) groups is 1. The zero-order chi connectivity index (χ0) is 22.0. The number of nitrogens with one attached hydrogen (secondary N) is 1. The number of quaternary nitrogens is 1. The van der Waals surface area contributed by atoms with Crippen LogP contribution in [0.15, 0.2) is 82.2 Å². The number of carbonyl (C=O) groups excluding carboxylic acids is 1. The average Bonchev–Trinajstić information content (AvgIpc) is 2.79. The second kappa shape index (κ2) is 8.41. The van der Waals surface area contributed by atoms with Crippen molar-refractivity contribution in [1.29, 1.82) is 0 Å². The lowest BCUT2D eigenvalue weighted by molar-refractivity contribution is -0.991. The topological polar surface area (TPSA) is 113 Å². The third-order valence-corrected chi connectivity index (χ3v) is 4.73. The van der Waals surface area contributed by atoms with E-state index in [-0.39, 0.29) is 28.0 Å². The summed E-state index contributed by atoms with van der Waals surface area (Å²) in [4.78, 5) is 25.2. The number of ether oxygens (including phenoxy) is 2. The molecule has 1 atom stereocenters. The van der Waals surface area contributed by atoms with Gasteiger partial charge in [-0.25, -0.2) is 10.0 Å². The number of rotatable bonds is 5. The van der Waals surface area contributed by atoms with E-state index < -0.39 is 11.2 Å². The maximum absolute atomic E-state index is 12.9. The number of benzene rings is 3. The van der Waals surface area contributed by atoms with Gasteiger partial charge in [-0.05, 0) is 42.0 Å². The Morgan fingerprint density at radius 3 is 2.32 bits per heavy atom. The quantitative estimate of drug-likeness (QED) is 0.290. The van der Waals surface area contributed by atoms with Gasteiger partial charge in [0.05, 0.1) is 23.6 Å². The Morgan fingerprint density at radius 2 is 1.68 bits per heavy atom. The summed E-state index contributed by atoms with van der Waals surface area (Å²) < 4.78 is 16.1. The van der Waals surface area contributed by atoms with E-state index in [0.29, 0.717) is 22.3 Å². The van der Waals surface area contributed by atoms with Gasteiger partial charge in [-0.15, -0.1) is 0 Å². The number of fused-ring (bicyclic) bond motifs is 1. The van der Waals surface area contributed by atoms with Crippen molar-refractivity contribution in [1.82, 2.24) is 0 Å². The number of hydrogen-bond donors (Lipinski definition) is 2. The molecular weight excluding hydrogens is 402 g/mol. The van der Waals surface area contributed by atoms with Crippen LogP contribution in [-0.2, 0) is 0 Å². The molecule has 0 aliphatic rings. The van der Waals surface area contributed by atoms with Gasteiger partial charge in [0.25, 0.3) is 0 Å². The molecule has 0 fully saturated rings. The average molecular weight is 419 g/mol. The fraction of sp³-hybridized carbons (Fsp3) is 0.0435. The highest BCUT2D eigenvalue weighted by molar-refractivity contribution is 5.92. The molecule has 4 aromatic rings. The van der Waals surface area contributed by atoms with Crippen molar-refractivity contribution in [2.45, 2.75) is 0 Å². The fourth-order valence-corrected chi connectivity index (χ4v) is 3.06. The monoisotopic (exact) mass is 419 g/mol. The molecule has 2 N–H and O–H groups in total. The summed E-state index contributed by atoms with van der Waals surface area (Å²) in [6.45, 7) is 0. The molecule has 0 aliphatic carbocycles. The molecule has 0 bridgehead atoms. The van der Waals surface area contributed by atoms with Crippen LogP contribution in [0.3, 0.4) is 0 Å². The molecule has 3 aromatic carbocycles. The van der Waals surface area contributed by atoms with E-state index in [1.54, 1.807) is 31.4 Å². The predicted molar refractivity (Wildman–Crippen MR) is 112 cm³/mol. The van der Waals surface area contributed by atoms with Crippen LogP contribution in [-0.4, -0.2) is 18.3 Å². The third-order valence-electron chi connectivity index (χ3n) is 4.73. The molecule has 31 heavy (non-hydrogen) atoms. The highest BCUT2D eigenvalue weighted by atomic mass is 16.8. The van der Waals surface area contributed by atoms with E-state index in [1.807, 2.05) is 0 Å². The minimum atomic E-state index is -1.08. The minimum absolute atomic E-state index is 0.0664. The lowest BCUT2D eigenvalue weighted by atomic mass is 10.1. The van der Waals surface area contributed by atoms with E-state index in [0.717, 1.165) is 0 Å². The molecular formula is C23H17NO7. The SMILES string of the molecule is COc1ccc(-c2coc3cc(OC(=O)c4ccc([NH+]([O-])O)cc4)ccc3c2=O)cc1. The van der Waals surface area contributed by atoms with Crippen LogP contribution in [0, 0.1) is 5.21 Å². The molecule has 8 nitrogen and oxygen atoms in total. The first-order chi connectivity index (χ1) is 15.0. The van der Waals surface area contributed by atoms with Crippen LogP contribution in [0.2, 0.25) is 0 Å². The van der Waals surface area contributed by atoms with Gasteiger partial charge >= 0.3 is 5.97 Å². The van der Waals surface area contributed by atoms with Crippen LogP contribution in [0.1, 0.15) is 10.4 Å². The van der Waals surface area contributed by atoms with Gasteiger partial charge in [-0.2, -0.15) is 5.23 Å². The maximum Gasteiger partial charge on any atom is 0.343 e. The van der Waals surface area contributed by atoms with Gasteiger partial charge in [0, 0.05) is 18.2 Å². The molecule has 0 aliphatic heterocycles. The van der Waals surface area contributed by atoms with Crippen LogP contribution < -0.4 is 20.1 Å². The first-order valence-corrected chi connectivity index (χ1v) is 9.22. The molecule has 0 radical (unpaired) electrons. The number of hydrogen-bond acceptors (Lipinski definition) is 7. The number of esters is 1. The largest absolute Gasteiger partial charge is 0.595 e. The van der Waals surface area contributed by atoms with Crippen molar-refractivity contribution in [2.75, 3.05) is 7.11 Å².